The molecule has 0 radical (unpaired) electrons. The lowest BCUT2D eigenvalue weighted by Gasteiger charge is -2.26. The number of anilines is 1. The Balaban J connectivity index is 1.59. The van der Waals surface area contributed by atoms with Crippen molar-refractivity contribution >= 4 is 40.0 Å². The predicted octanol–water partition coefficient (Wildman–Crippen LogP) is 2.72. The minimum atomic E-state index is -0.515. The number of hydrogen-bond acceptors (Lipinski definition) is 4. The molecule has 0 saturated heterocycles. The van der Waals surface area contributed by atoms with Crippen LogP contribution in [-0.2, 0) is 17.8 Å². The maximum Gasteiger partial charge on any atom is 0.321 e. The highest BCUT2D eigenvalue weighted by molar-refractivity contribution is 7.15. The number of halogens is 1. The average Bonchev–Trinajstić information content (AvgIpc) is 3.14. The Morgan fingerprint density at radius 3 is 2.83 bits per heavy atom. The zero-order valence-corrected chi connectivity index (χ0v) is 14.7. The van der Waals surface area contributed by atoms with Crippen molar-refractivity contribution in [2.75, 3.05) is 11.9 Å². The number of fused-ring (bicyclic) bond motifs is 1. The van der Waals surface area contributed by atoms with Crippen molar-refractivity contribution in [3.05, 3.63) is 10.6 Å². The Morgan fingerprint density at radius 1 is 1.39 bits per heavy atom. The Morgan fingerprint density at radius 2 is 2.13 bits per heavy atom. The fourth-order valence-corrected chi connectivity index (χ4v) is 4.23. The van der Waals surface area contributed by atoms with Crippen molar-refractivity contribution < 1.29 is 9.59 Å². The number of thiazole rings is 1. The van der Waals surface area contributed by atoms with Crippen LogP contribution in [0.3, 0.4) is 0 Å². The van der Waals surface area contributed by atoms with E-state index in [4.69, 9.17) is 11.6 Å². The van der Waals surface area contributed by atoms with Crippen molar-refractivity contribution in [1.29, 1.82) is 0 Å². The molecule has 1 aliphatic heterocycles. The standard InChI is InChI=1S/C15H21ClN4O2S/c1-9(16)13(21)20-7-6-11-12(8-20)23-15(18-11)19-14(22)17-10-4-2-3-5-10/h9-10H,2-8H2,1H3,(H2,17,18,19,22). The van der Waals surface area contributed by atoms with Gasteiger partial charge in [-0.25, -0.2) is 9.78 Å². The zero-order chi connectivity index (χ0) is 16.4. The molecule has 8 heteroatoms. The number of rotatable bonds is 3. The maximum atomic E-state index is 12.0. The van der Waals surface area contributed by atoms with E-state index < -0.39 is 5.38 Å². The van der Waals surface area contributed by atoms with E-state index in [1.165, 1.54) is 24.2 Å². The van der Waals surface area contributed by atoms with E-state index in [9.17, 15) is 9.59 Å². The number of urea groups is 1. The number of nitrogens with zero attached hydrogens (tertiary/aromatic N) is 2. The van der Waals surface area contributed by atoms with Crippen LogP contribution in [0.5, 0.6) is 0 Å². The summed E-state index contributed by atoms with van der Waals surface area (Å²) in [5.74, 6) is -0.0563. The summed E-state index contributed by atoms with van der Waals surface area (Å²) < 4.78 is 0. The highest BCUT2D eigenvalue weighted by atomic mass is 35.5. The monoisotopic (exact) mass is 356 g/mol. The fraction of sp³-hybridized carbons (Fsp3) is 0.667. The second-order valence-electron chi connectivity index (χ2n) is 6.09. The summed E-state index contributed by atoms with van der Waals surface area (Å²) >= 11 is 7.31. The van der Waals surface area contributed by atoms with Crippen LogP contribution in [0, 0.1) is 0 Å². The molecule has 1 aliphatic carbocycles. The van der Waals surface area contributed by atoms with Gasteiger partial charge in [-0.05, 0) is 19.8 Å². The van der Waals surface area contributed by atoms with Gasteiger partial charge in [0.25, 0.3) is 0 Å². The minimum absolute atomic E-state index is 0.0563. The smallest absolute Gasteiger partial charge is 0.321 e. The first-order valence-electron chi connectivity index (χ1n) is 8.02. The second-order valence-corrected chi connectivity index (χ2v) is 7.83. The molecule has 6 nitrogen and oxygen atoms in total. The van der Waals surface area contributed by atoms with Crippen molar-refractivity contribution in [1.82, 2.24) is 15.2 Å². The Hall–Kier alpha value is -1.34. The molecule has 1 aromatic rings. The summed E-state index contributed by atoms with van der Waals surface area (Å²) in [6.07, 6.45) is 5.16. The zero-order valence-electron chi connectivity index (χ0n) is 13.1. The fourth-order valence-electron chi connectivity index (χ4n) is 3.08. The van der Waals surface area contributed by atoms with Crippen LogP contribution in [0.15, 0.2) is 0 Å². The Kier molecular flexibility index (Phi) is 5.06. The Labute approximate surface area is 144 Å². The molecule has 2 heterocycles. The third-order valence-electron chi connectivity index (χ3n) is 4.29. The molecule has 2 aliphatic rings. The van der Waals surface area contributed by atoms with Gasteiger partial charge >= 0.3 is 6.03 Å². The lowest BCUT2D eigenvalue weighted by molar-refractivity contribution is -0.131. The highest BCUT2D eigenvalue weighted by Crippen LogP contribution is 2.29. The van der Waals surface area contributed by atoms with Crippen molar-refractivity contribution in [2.24, 2.45) is 0 Å². The number of alkyl halides is 1. The van der Waals surface area contributed by atoms with Crippen LogP contribution in [0.2, 0.25) is 0 Å². The number of amides is 3. The van der Waals surface area contributed by atoms with Gasteiger partial charge in [0.15, 0.2) is 5.13 Å². The summed E-state index contributed by atoms with van der Waals surface area (Å²) in [6.45, 7) is 2.83. The quantitative estimate of drug-likeness (QED) is 0.818. The largest absolute Gasteiger partial charge is 0.336 e. The molecule has 3 amide bonds. The van der Waals surface area contributed by atoms with Crippen molar-refractivity contribution in [2.45, 2.75) is 57.0 Å². The topological polar surface area (TPSA) is 74.3 Å². The number of carbonyl (C=O) groups excluding carboxylic acids is 2. The molecule has 0 bridgehead atoms. The molecule has 1 aromatic heterocycles. The van der Waals surface area contributed by atoms with Gasteiger partial charge in [0.05, 0.1) is 12.2 Å². The van der Waals surface area contributed by atoms with Crippen molar-refractivity contribution in [3.8, 4) is 0 Å². The van der Waals surface area contributed by atoms with Gasteiger partial charge in [0.2, 0.25) is 5.91 Å². The first kappa shape index (κ1) is 16.5. The lowest BCUT2D eigenvalue weighted by Crippen LogP contribution is -2.39. The first-order chi connectivity index (χ1) is 11.0. The SMILES string of the molecule is CC(Cl)C(=O)N1CCc2nc(NC(=O)NC3CCCC3)sc2C1. The summed E-state index contributed by atoms with van der Waals surface area (Å²) in [5.41, 5.74) is 0.970. The van der Waals surface area contributed by atoms with Gasteiger partial charge in [0.1, 0.15) is 5.38 Å². The molecule has 0 spiro atoms. The van der Waals surface area contributed by atoms with E-state index in [2.05, 4.69) is 15.6 Å². The number of carbonyl (C=O) groups is 2. The molecule has 3 rings (SSSR count). The van der Waals surface area contributed by atoms with E-state index in [0.717, 1.165) is 23.4 Å². The molecule has 2 N–H and O–H groups in total. The predicted molar refractivity (Wildman–Crippen MR) is 91.0 cm³/mol. The van der Waals surface area contributed by atoms with Crippen molar-refractivity contribution in [3.63, 3.8) is 0 Å². The first-order valence-corrected chi connectivity index (χ1v) is 9.27. The molecule has 0 aromatic carbocycles. The average molecular weight is 357 g/mol. The van der Waals surface area contributed by atoms with E-state index >= 15 is 0 Å². The van der Waals surface area contributed by atoms with Crippen LogP contribution in [0.4, 0.5) is 9.93 Å². The number of nitrogens with one attached hydrogen (secondary N) is 2. The van der Waals surface area contributed by atoms with Crippen LogP contribution in [0.25, 0.3) is 0 Å². The molecule has 1 atom stereocenters. The van der Waals surface area contributed by atoms with E-state index in [1.807, 2.05) is 0 Å². The third kappa shape index (κ3) is 3.95. The van der Waals surface area contributed by atoms with Crippen LogP contribution in [-0.4, -0.2) is 39.8 Å². The van der Waals surface area contributed by atoms with Gasteiger partial charge in [-0.3, -0.25) is 10.1 Å². The summed E-state index contributed by atoms with van der Waals surface area (Å²) in [7, 11) is 0. The summed E-state index contributed by atoms with van der Waals surface area (Å²) in [6, 6.07) is 0.0909. The van der Waals surface area contributed by atoms with Crippen LogP contribution in [0.1, 0.15) is 43.2 Å². The molecule has 126 valence electrons. The number of hydrogen-bond donors (Lipinski definition) is 2. The normalized spacial score (nSPS) is 19.3. The van der Waals surface area contributed by atoms with Crippen LogP contribution < -0.4 is 10.6 Å². The second kappa shape index (κ2) is 7.05. The highest BCUT2D eigenvalue weighted by Gasteiger charge is 2.26. The summed E-state index contributed by atoms with van der Waals surface area (Å²) in [5, 5.41) is 5.89. The third-order valence-corrected chi connectivity index (χ3v) is 5.48. The Bertz CT molecular complexity index is 598. The van der Waals surface area contributed by atoms with Gasteiger partial charge in [-0.15, -0.1) is 11.6 Å². The molecular weight excluding hydrogens is 336 g/mol. The van der Waals surface area contributed by atoms with Gasteiger partial charge in [-0.1, -0.05) is 24.2 Å². The molecule has 1 fully saturated rings. The van der Waals surface area contributed by atoms with Crippen LogP contribution >= 0.6 is 22.9 Å². The van der Waals surface area contributed by atoms with Gasteiger partial charge in [0, 0.05) is 23.9 Å². The number of aromatic nitrogens is 1. The maximum absolute atomic E-state index is 12.0. The van der Waals surface area contributed by atoms with E-state index in [-0.39, 0.29) is 18.0 Å². The minimum Gasteiger partial charge on any atom is -0.336 e. The molecular formula is C15H21ClN4O2S. The van der Waals surface area contributed by atoms with Gasteiger partial charge < -0.3 is 10.2 Å². The van der Waals surface area contributed by atoms with Gasteiger partial charge in [-0.2, -0.15) is 0 Å². The summed E-state index contributed by atoms with van der Waals surface area (Å²) in [4.78, 5) is 31.2. The molecule has 1 unspecified atom stereocenters. The lowest BCUT2D eigenvalue weighted by atomic mass is 10.1. The molecule has 1 saturated carbocycles. The molecule has 23 heavy (non-hydrogen) atoms. The van der Waals surface area contributed by atoms with E-state index in [1.54, 1.807) is 11.8 Å². The van der Waals surface area contributed by atoms with E-state index in [0.29, 0.717) is 24.6 Å².